The number of benzene rings is 2. The molecule has 1 atom stereocenters. The molecule has 5 rings (SSSR count). The molecule has 2 saturated carbocycles. The normalized spacial score (nSPS) is 21.4. The van der Waals surface area contributed by atoms with Gasteiger partial charge in [0.05, 0.1) is 0 Å². The van der Waals surface area contributed by atoms with Gasteiger partial charge in [-0.3, -0.25) is 4.79 Å². The average Bonchev–Trinajstić information content (AvgIpc) is 3.21. The molecule has 1 amide bonds. The zero-order valence-electron chi connectivity index (χ0n) is 21.9. The molecule has 0 bridgehead atoms. The molecule has 37 heavy (non-hydrogen) atoms. The van der Waals surface area contributed by atoms with Gasteiger partial charge in [-0.05, 0) is 80.7 Å². The Morgan fingerprint density at radius 1 is 1.05 bits per heavy atom. The van der Waals surface area contributed by atoms with Crippen LogP contribution in [0.2, 0.25) is 0 Å². The number of amides is 1. The van der Waals surface area contributed by atoms with Gasteiger partial charge in [0.1, 0.15) is 0 Å². The van der Waals surface area contributed by atoms with Crippen LogP contribution >= 0.6 is 28.3 Å². The highest BCUT2D eigenvalue weighted by molar-refractivity contribution is 9.10. The van der Waals surface area contributed by atoms with E-state index in [0.717, 1.165) is 42.6 Å². The molecule has 1 heterocycles. The third-order valence-electron chi connectivity index (χ3n) is 8.40. The predicted octanol–water partition coefficient (Wildman–Crippen LogP) is 7.62. The summed E-state index contributed by atoms with van der Waals surface area (Å²) in [6.07, 6.45) is 13.5. The van der Waals surface area contributed by atoms with E-state index < -0.39 is 0 Å². The smallest absolute Gasteiger partial charge is 0.221 e. The Morgan fingerprint density at radius 3 is 2.54 bits per heavy atom. The molecule has 1 aromatic heterocycles. The zero-order chi connectivity index (χ0) is 25.1. The van der Waals surface area contributed by atoms with E-state index in [1.54, 1.807) is 0 Å². The standard InChI is InChI=1S/C31H40BrN3O.ClH/c1-21-6-5-9-23(16-21)27(18-31(36)34-26-13-11-25(33)12-14-26)29-20-35(19-22-7-3-2-4-8-22)30-15-10-24(32)17-28(29)30;/h5-6,9-10,15-17,20,22,25-27H,2-4,7-8,11-14,18-19,33H2,1H3,(H,34,36);1H. The van der Waals surface area contributed by atoms with E-state index in [-0.39, 0.29) is 36.3 Å². The Morgan fingerprint density at radius 2 is 1.81 bits per heavy atom. The number of hydrogen-bond acceptors (Lipinski definition) is 2. The number of carbonyl (C=O) groups excluding carboxylic acids is 1. The molecule has 2 aliphatic carbocycles. The molecule has 0 spiro atoms. The first-order chi connectivity index (χ1) is 17.5. The van der Waals surface area contributed by atoms with Crippen LogP contribution in [0.5, 0.6) is 0 Å². The van der Waals surface area contributed by atoms with Crippen LogP contribution in [0.3, 0.4) is 0 Å². The van der Waals surface area contributed by atoms with Gasteiger partial charge in [0.25, 0.3) is 0 Å². The summed E-state index contributed by atoms with van der Waals surface area (Å²) in [6.45, 7) is 3.20. The average molecular weight is 587 g/mol. The van der Waals surface area contributed by atoms with Crippen LogP contribution in [0.1, 0.15) is 86.8 Å². The second kappa shape index (κ2) is 12.8. The van der Waals surface area contributed by atoms with Gasteiger partial charge in [0.2, 0.25) is 5.91 Å². The van der Waals surface area contributed by atoms with Gasteiger partial charge in [-0.1, -0.05) is 65.0 Å². The van der Waals surface area contributed by atoms with Crippen LogP contribution in [0.4, 0.5) is 0 Å². The minimum Gasteiger partial charge on any atom is -0.353 e. The fourth-order valence-corrected chi connectivity index (χ4v) is 6.76. The largest absolute Gasteiger partial charge is 0.353 e. The SMILES string of the molecule is Cc1cccc(C(CC(=O)NC2CCC(N)CC2)c2cn(CC3CCCCC3)c3ccc(Br)cc23)c1.Cl. The van der Waals surface area contributed by atoms with Crippen LogP contribution in [0, 0.1) is 12.8 Å². The van der Waals surface area contributed by atoms with Crippen LogP contribution in [0.25, 0.3) is 10.9 Å². The summed E-state index contributed by atoms with van der Waals surface area (Å²) >= 11 is 3.71. The molecule has 200 valence electrons. The fraction of sp³-hybridized carbons (Fsp3) is 0.516. The van der Waals surface area contributed by atoms with E-state index in [1.807, 2.05) is 0 Å². The highest BCUT2D eigenvalue weighted by atomic mass is 79.9. The van der Waals surface area contributed by atoms with Crippen molar-refractivity contribution < 1.29 is 4.79 Å². The summed E-state index contributed by atoms with van der Waals surface area (Å²) in [7, 11) is 0. The lowest BCUT2D eigenvalue weighted by Crippen LogP contribution is -2.40. The molecule has 2 aliphatic rings. The maximum atomic E-state index is 13.4. The van der Waals surface area contributed by atoms with Crippen molar-refractivity contribution in [1.29, 1.82) is 0 Å². The second-order valence-electron chi connectivity index (χ2n) is 11.3. The molecule has 2 aromatic carbocycles. The Labute approximate surface area is 236 Å². The van der Waals surface area contributed by atoms with Gasteiger partial charge in [-0.25, -0.2) is 0 Å². The number of aromatic nitrogens is 1. The summed E-state index contributed by atoms with van der Waals surface area (Å²) < 4.78 is 3.55. The van der Waals surface area contributed by atoms with Crippen LogP contribution in [-0.2, 0) is 11.3 Å². The second-order valence-corrected chi connectivity index (χ2v) is 12.2. The first kappa shape index (κ1) is 28.2. The lowest BCUT2D eigenvalue weighted by atomic mass is 9.86. The summed E-state index contributed by atoms with van der Waals surface area (Å²) in [5, 5.41) is 4.60. The Hall–Kier alpha value is -1.82. The molecule has 4 nitrogen and oxygen atoms in total. The van der Waals surface area contributed by atoms with Crippen molar-refractivity contribution in [1.82, 2.24) is 9.88 Å². The number of rotatable bonds is 7. The zero-order valence-corrected chi connectivity index (χ0v) is 24.3. The molecule has 0 radical (unpaired) electrons. The Kier molecular flexibility index (Phi) is 9.77. The number of fused-ring (bicyclic) bond motifs is 1. The lowest BCUT2D eigenvalue weighted by Gasteiger charge is -2.27. The van der Waals surface area contributed by atoms with Crippen molar-refractivity contribution in [3.63, 3.8) is 0 Å². The van der Waals surface area contributed by atoms with Crippen molar-refractivity contribution in [3.05, 3.63) is 69.8 Å². The minimum absolute atomic E-state index is 0. The molecular formula is C31H41BrClN3O. The predicted molar refractivity (Wildman–Crippen MR) is 159 cm³/mol. The van der Waals surface area contributed by atoms with Crippen LogP contribution < -0.4 is 11.1 Å². The van der Waals surface area contributed by atoms with E-state index in [1.165, 1.54) is 59.7 Å². The highest BCUT2D eigenvalue weighted by Crippen LogP contribution is 2.37. The van der Waals surface area contributed by atoms with Crippen molar-refractivity contribution >= 4 is 45.1 Å². The molecule has 6 heteroatoms. The topological polar surface area (TPSA) is 60.1 Å². The number of hydrogen-bond donors (Lipinski definition) is 2. The first-order valence-electron chi connectivity index (χ1n) is 13.9. The van der Waals surface area contributed by atoms with Crippen molar-refractivity contribution in [3.8, 4) is 0 Å². The van der Waals surface area contributed by atoms with Crippen molar-refractivity contribution in [2.45, 2.75) is 95.7 Å². The van der Waals surface area contributed by atoms with Gasteiger partial charge in [-0.15, -0.1) is 12.4 Å². The van der Waals surface area contributed by atoms with E-state index in [2.05, 4.69) is 81.4 Å². The summed E-state index contributed by atoms with van der Waals surface area (Å²) in [4.78, 5) is 13.4. The van der Waals surface area contributed by atoms with E-state index >= 15 is 0 Å². The lowest BCUT2D eigenvalue weighted by molar-refractivity contribution is -0.122. The molecular weight excluding hydrogens is 546 g/mol. The number of nitrogens with one attached hydrogen (secondary N) is 1. The van der Waals surface area contributed by atoms with Crippen molar-refractivity contribution in [2.24, 2.45) is 11.7 Å². The van der Waals surface area contributed by atoms with Gasteiger partial charge in [0, 0.05) is 52.5 Å². The van der Waals surface area contributed by atoms with Crippen molar-refractivity contribution in [2.75, 3.05) is 0 Å². The molecule has 3 aromatic rings. The quantitative estimate of drug-likeness (QED) is 0.299. The number of halogens is 2. The highest BCUT2D eigenvalue weighted by Gasteiger charge is 2.26. The minimum atomic E-state index is 0. The van der Waals surface area contributed by atoms with Gasteiger partial charge in [-0.2, -0.15) is 0 Å². The van der Waals surface area contributed by atoms with Gasteiger partial charge in [0.15, 0.2) is 0 Å². The van der Waals surface area contributed by atoms with Gasteiger partial charge < -0.3 is 15.6 Å². The third-order valence-corrected chi connectivity index (χ3v) is 8.89. The molecule has 0 saturated heterocycles. The molecule has 0 aliphatic heterocycles. The van der Waals surface area contributed by atoms with Crippen LogP contribution in [-0.4, -0.2) is 22.6 Å². The van der Waals surface area contributed by atoms with E-state index in [4.69, 9.17) is 5.73 Å². The first-order valence-corrected chi connectivity index (χ1v) is 14.7. The van der Waals surface area contributed by atoms with E-state index in [0.29, 0.717) is 6.42 Å². The molecule has 3 N–H and O–H groups in total. The number of nitrogens with two attached hydrogens (primary N) is 1. The molecule has 2 fully saturated rings. The monoisotopic (exact) mass is 585 g/mol. The summed E-state index contributed by atoms with van der Waals surface area (Å²) in [5.41, 5.74) is 11.1. The Balaban J connectivity index is 0.00000320. The maximum absolute atomic E-state index is 13.4. The summed E-state index contributed by atoms with van der Waals surface area (Å²) in [5.74, 6) is 0.898. The number of aryl methyl sites for hydroxylation is 1. The summed E-state index contributed by atoms with van der Waals surface area (Å²) in [6, 6.07) is 15.8. The van der Waals surface area contributed by atoms with E-state index in [9.17, 15) is 4.79 Å². The van der Waals surface area contributed by atoms with Gasteiger partial charge >= 0.3 is 0 Å². The molecule has 1 unspecified atom stereocenters. The Bertz CT molecular complexity index is 1190. The fourth-order valence-electron chi connectivity index (χ4n) is 6.40. The third kappa shape index (κ3) is 6.99. The number of carbonyl (C=O) groups is 1. The number of nitrogens with zero attached hydrogens (tertiary/aromatic N) is 1. The maximum Gasteiger partial charge on any atom is 0.221 e. The van der Waals surface area contributed by atoms with Crippen LogP contribution in [0.15, 0.2) is 53.1 Å².